The fraction of sp³-hybridized carbons (Fsp3) is 0.150. The summed E-state index contributed by atoms with van der Waals surface area (Å²) in [6.07, 6.45) is 3.10. The first kappa shape index (κ1) is 14.2. The quantitative estimate of drug-likeness (QED) is 0.662. The molecule has 1 aromatic heterocycles. The molecule has 1 aliphatic rings. The maximum atomic E-state index is 12.7. The number of rotatable bonds is 2. The molecular formula is C20H17NOS. The highest BCUT2D eigenvalue weighted by Gasteiger charge is 2.20. The maximum Gasteiger partial charge on any atom is 0.264 e. The second kappa shape index (κ2) is 6.01. The highest BCUT2D eigenvalue weighted by atomic mass is 32.1. The van der Waals surface area contributed by atoms with Crippen LogP contribution in [-0.4, -0.2) is 23.9 Å². The maximum absolute atomic E-state index is 12.7. The van der Waals surface area contributed by atoms with E-state index in [1.165, 1.54) is 15.8 Å². The van der Waals surface area contributed by atoms with Crippen LogP contribution in [0.15, 0.2) is 66.7 Å². The van der Waals surface area contributed by atoms with Gasteiger partial charge in [0.15, 0.2) is 0 Å². The van der Waals surface area contributed by atoms with Gasteiger partial charge in [0.25, 0.3) is 5.91 Å². The minimum Gasteiger partial charge on any atom is -0.334 e. The Hall–Kier alpha value is -2.39. The second-order valence-corrected chi connectivity index (χ2v) is 6.83. The lowest BCUT2D eigenvalue weighted by molar-refractivity contribution is 0.0778. The summed E-state index contributed by atoms with van der Waals surface area (Å²) in [6, 6.07) is 20.6. The lowest BCUT2D eigenvalue weighted by atomic mass is 9.99. The number of nitrogens with zero attached hydrogens (tertiary/aromatic N) is 1. The number of hydrogen-bond donors (Lipinski definition) is 0. The van der Waals surface area contributed by atoms with Crippen LogP contribution in [-0.2, 0) is 0 Å². The fourth-order valence-electron chi connectivity index (χ4n) is 3.01. The van der Waals surface area contributed by atoms with Crippen LogP contribution >= 0.6 is 11.3 Å². The average Bonchev–Trinajstić information content (AvgIpc) is 3.06. The monoisotopic (exact) mass is 319 g/mol. The number of fused-ring (bicyclic) bond motifs is 1. The lowest BCUT2D eigenvalue weighted by Gasteiger charge is -2.26. The summed E-state index contributed by atoms with van der Waals surface area (Å²) in [4.78, 5) is 15.5. The normalized spacial score (nSPS) is 14.8. The van der Waals surface area contributed by atoms with Gasteiger partial charge in [-0.05, 0) is 35.1 Å². The number of carbonyl (C=O) groups is 1. The van der Waals surface area contributed by atoms with Crippen LogP contribution < -0.4 is 0 Å². The third kappa shape index (κ3) is 2.80. The van der Waals surface area contributed by atoms with E-state index in [9.17, 15) is 4.79 Å². The van der Waals surface area contributed by atoms with E-state index in [4.69, 9.17) is 0 Å². The SMILES string of the molecule is O=C(c1cc2ccccc2s1)N1CC=C(c2ccccc2)CC1. The molecule has 3 aromatic rings. The van der Waals surface area contributed by atoms with E-state index in [-0.39, 0.29) is 5.91 Å². The molecule has 0 aliphatic carbocycles. The zero-order valence-corrected chi connectivity index (χ0v) is 13.6. The third-order valence-electron chi connectivity index (χ3n) is 4.28. The smallest absolute Gasteiger partial charge is 0.264 e. The Kier molecular flexibility index (Phi) is 3.72. The lowest BCUT2D eigenvalue weighted by Crippen LogP contribution is -2.34. The van der Waals surface area contributed by atoms with Crippen LogP contribution in [0.3, 0.4) is 0 Å². The van der Waals surface area contributed by atoms with Crippen LogP contribution in [0.2, 0.25) is 0 Å². The van der Waals surface area contributed by atoms with Gasteiger partial charge in [-0.2, -0.15) is 0 Å². The Balaban J connectivity index is 1.53. The summed E-state index contributed by atoms with van der Waals surface area (Å²) in [5.74, 6) is 0.148. The van der Waals surface area contributed by atoms with E-state index in [1.807, 2.05) is 29.2 Å². The van der Waals surface area contributed by atoms with Crippen molar-refractivity contribution in [1.29, 1.82) is 0 Å². The van der Waals surface area contributed by atoms with Crippen molar-refractivity contribution < 1.29 is 4.79 Å². The van der Waals surface area contributed by atoms with Gasteiger partial charge < -0.3 is 4.90 Å². The molecule has 0 N–H and O–H groups in total. The molecule has 114 valence electrons. The summed E-state index contributed by atoms with van der Waals surface area (Å²) in [7, 11) is 0. The van der Waals surface area contributed by atoms with Crippen molar-refractivity contribution in [1.82, 2.24) is 4.90 Å². The third-order valence-corrected chi connectivity index (χ3v) is 5.38. The van der Waals surface area contributed by atoms with Gasteiger partial charge in [-0.3, -0.25) is 4.79 Å². The Morgan fingerprint density at radius 2 is 1.78 bits per heavy atom. The van der Waals surface area contributed by atoms with Crippen molar-refractivity contribution in [2.45, 2.75) is 6.42 Å². The molecule has 2 heterocycles. The molecule has 4 rings (SSSR count). The average molecular weight is 319 g/mol. The van der Waals surface area contributed by atoms with Crippen molar-refractivity contribution in [3.8, 4) is 0 Å². The van der Waals surface area contributed by atoms with Gasteiger partial charge in [-0.15, -0.1) is 11.3 Å². The summed E-state index contributed by atoms with van der Waals surface area (Å²) in [6.45, 7) is 1.48. The molecule has 0 radical (unpaired) electrons. The zero-order valence-electron chi connectivity index (χ0n) is 12.7. The summed E-state index contributed by atoms with van der Waals surface area (Å²) >= 11 is 1.58. The number of amides is 1. The van der Waals surface area contributed by atoms with Crippen molar-refractivity contribution in [3.63, 3.8) is 0 Å². The van der Waals surface area contributed by atoms with Gasteiger partial charge in [-0.1, -0.05) is 54.6 Å². The molecule has 0 unspecified atom stereocenters. The molecule has 0 saturated heterocycles. The number of carbonyl (C=O) groups excluding carboxylic acids is 1. The van der Waals surface area contributed by atoms with E-state index in [1.54, 1.807) is 11.3 Å². The van der Waals surface area contributed by atoms with Crippen molar-refractivity contribution in [3.05, 3.63) is 77.2 Å². The standard InChI is InChI=1S/C20H17NOS/c22-20(19-14-17-8-4-5-9-18(17)23-19)21-12-10-16(11-13-21)15-6-2-1-3-7-15/h1-10,14H,11-13H2. The molecule has 0 saturated carbocycles. The second-order valence-electron chi connectivity index (χ2n) is 5.75. The van der Waals surface area contributed by atoms with Crippen molar-refractivity contribution >= 4 is 32.9 Å². The van der Waals surface area contributed by atoms with Gasteiger partial charge >= 0.3 is 0 Å². The van der Waals surface area contributed by atoms with Crippen LogP contribution in [0.4, 0.5) is 0 Å². The van der Waals surface area contributed by atoms with Gasteiger partial charge in [0.2, 0.25) is 0 Å². The topological polar surface area (TPSA) is 20.3 Å². The first-order chi connectivity index (χ1) is 11.3. The predicted octanol–water partition coefficient (Wildman–Crippen LogP) is 4.83. The summed E-state index contributed by atoms with van der Waals surface area (Å²) < 4.78 is 1.17. The Bertz CT molecular complexity index is 846. The molecule has 0 bridgehead atoms. The van der Waals surface area contributed by atoms with E-state index in [2.05, 4.69) is 42.5 Å². The Morgan fingerprint density at radius 3 is 2.52 bits per heavy atom. The molecule has 1 amide bonds. The molecule has 23 heavy (non-hydrogen) atoms. The van der Waals surface area contributed by atoms with Crippen LogP contribution in [0.1, 0.15) is 21.7 Å². The van der Waals surface area contributed by atoms with Crippen molar-refractivity contribution in [2.24, 2.45) is 0 Å². The molecule has 0 atom stereocenters. The van der Waals surface area contributed by atoms with Gasteiger partial charge in [0, 0.05) is 17.8 Å². The largest absolute Gasteiger partial charge is 0.334 e. The Labute approximate surface area is 139 Å². The molecule has 0 spiro atoms. The van der Waals surface area contributed by atoms with Crippen LogP contribution in [0.5, 0.6) is 0 Å². The van der Waals surface area contributed by atoms with E-state index >= 15 is 0 Å². The number of benzene rings is 2. The van der Waals surface area contributed by atoms with Gasteiger partial charge in [-0.25, -0.2) is 0 Å². The zero-order chi connectivity index (χ0) is 15.6. The van der Waals surface area contributed by atoms with Gasteiger partial charge in [0.05, 0.1) is 4.88 Å². The summed E-state index contributed by atoms with van der Waals surface area (Å²) in [5.41, 5.74) is 2.60. The molecule has 2 nitrogen and oxygen atoms in total. The van der Waals surface area contributed by atoms with E-state index in [0.717, 1.165) is 23.2 Å². The minimum atomic E-state index is 0.148. The molecule has 1 aliphatic heterocycles. The minimum absolute atomic E-state index is 0.148. The molecule has 3 heteroatoms. The first-order valence-corrected chi connectivity index (χ1v) is 8.65. The highest BCUT2D eigenvalue weighted by molar-refractivity contribution is 7.20. The predicted molar refractivity (Wildman–Crippen MR) is 96.8 cm³/mol. The molecule has 2 aromatic carbocycles. The molecule has 0 fully saturated rings. The van der Waals surface area contributed by atoms with E-state index < -0.39 is 0 Å². The van der Waals surface area contributed by atoms with Gasteiger partial charge in [0.1, 0.15) is 0 Å². The first-order valence-electron chi connectivity index (χ1n) is 7.83. The fourth-order valence-corrected chi connectivity index (χ4v) is 4.04. The van der Waals surface area contributed by atoms with Crippen LogP contribution in [0.25, 0.3) is 15.7 Å². The molecular weight excluding hydrogens is 302 g/mol. The van der Waals surface area contributed by atoms with Crippen LogP contribution in [0, 0.1) is 0 Å². The highest BCUT2D eigenvalue weighted by Crippen LogP contribution is 2.28. The number of hydrogen-bond acceptors (Lipinski definition) is 2. The Morgan fingerprint density at radius 1 is 1.00 bits per heavy atom. The van der Waals surface area contributed by atoms with E-state index in [0.29, 0.717) is 6.54 Å². The van der Waals surface area contributed by atoms with Crippen molar-refractivity contribution in [2.75, 3.05) is 13.1 Å². The number of thiophene rings is 1. The summed E-state index contributed by atoms with van der Waals surface area (Å²) in [5, 5.41) is 1.15.